The van der Waals surface area contributed by atoms with Crippen molar-refractivity contribution in [3.8, 4) is 0 Å². The van der Waals surface area contributed by atoms with Crippen LogP contribution in [0.4, 0.5) is 5.69 Å². The molecule has 32 heavy (non-hydrogen) atoms. The molecule has 3 fully saturated rings. The summed E-state index contributed by atoms with van der Waals surface area (Å²) in [7, 11) is 2.08. The van der Waals surface area contributed by atoms with Gasteiger partial charge in [-0.05, 0) is 69.8 Å². The summed E-state index contributed by atoms with van der Waals surface area (Å²) in [4.78, 5) is 55.8. The number of fused-ring (bicyclic) bond motifs is 1. The van der Waals surface area contributed by atoms with Gasteiger partial charge in [0.15, 0.2) is 0 Å². The number of hydrogen-bond acceptors (Lipinski definition) is 6. The SMILES string of the molecule is CN(c1ccc2c(c1)C(=O)N(C1CCC(=O)NC1=O)C2=O)[C@@H]1CCC[C@@H]1N1CCCCC1. The van der Waals surface area contributed by atoms with Crippen LogP contribution in [0.1, 0.15) is 72.1 Å². The predicted molar refractivity (Wildman–Crippen MR) is 118 cm³/mol. The molecular weight excluding hydrogens is 408 g/mol. The van der Waals surface area contributed by atoms with Crippen molar-refractivity contribution in [3.05, 3.63) is 29.3 Å². The van der Waals surface area contributed by atoms with Gasteiger partial charge in [0.1, 0.15) is 6.04 Å². The van der Waals surface area contributed by atoms with Gasteiger partial charge in [-0.3, -0.25) is 34.3 Å². The minimum absolute atomic E-state index is 0.122. The Kier molecular flexibility index (Phi) is 5.49. The monoisotopic (exact) mass is 438 g/mol. The molecule has 8 heteroatoms. The summed E-state index contributed by atoms with van der Waals surface area (Å²) >= 11 is 0. The number of nitrogens with one attached hydrogen (secondary N) is 1. The maximum atomic E-state index is 13.2. The first kappa shape index (κ1) is 21.1. The van der Waals surface area contributed by atoms with Gasteiger partial charge < -0.3 is 4.90 Å². The molecule has 4 amide bonds. The molecule has 0 bridgehead atoms. The van der Waals surface area contributed by atoms with Crippen LogP contribution in [0.3, 0.4) is 0 Å². The van der Waals surface area contributed by atoms with Crippen molar-refractivity contribution in [2.24, 2.45) is 0 Å². The molecule has 3 aliphatic heterocycles. The third-order valence-electron chi connectivity index (χ3n) is 7.63. The number of carbonyl (C=O) groups excluding carboxylic acids is 4. The van der Waals surface area contributed by atoms with Crippen LogP contribution in [0.15, 0.2) is 18.2 Å². The van der Waals surface area contributed by atoms with Crippen molar-refractivity contribution in [2.75, 3.05) is 25.0 Å². The van der Waals surface area contributed by atoms with E-state index in [9.17, 15) is 19.2 Å². The van der Waals surface area contributed by atoms with Gasteiger partial charge in [0.25, 0.3) is 11.8 Å². The quantitative estimate of drug-likeness (QED) is 0.723. The van der Waals surface area contributed by atoms with Crippen LogP contribution >= 0.6 is 0 Å². The summed E-state index contributed by atoms with van der Waals surface area (Å²) in [5, 5.41) is 2.24. The van der Waals surface area contributed by atoms with Gasteiger partial charge in [-0.1, -0.05) is 6.42 Å². The number of amides is 4. The van der Waals surface area contributed by atoms with E-state index in [2.05, 4.69) is 22.2 Å². The minimum atomic E-state index is -0.931. The number of imide groups is 2. The summed E-state index contributed by atoms with van der Waals surface area (Å²) in [5.41, 5.74) is 1.59. The smallest absolute Gasteiger partial charge is 0.262 e. The second-order valence-corrected chi connectivity index (χ2v) is 9.45. The molecule has 1 aromatic rings. The predicted octanol–water partition coefficient (Wildman–Crippen LogP) is 1.93. The Labute approximate surface area is 187 Å². The van der Waals surface area contributed by atoms with Gasteiger partial charge >= 0.3 is 0 Å². The van der Waals surface area contributed by atoms with Crippen molar-refractivity contribution in [3.63, 3.8) is 0 Å². The second kappa shape index (κ2) is 8.31. The Morgan fingerprint density at radius 2 is 1.66 bits per heavy atom. The van der Waals surface area contributed by atoms with Gasteiger partial charge in [0.2, 0.25) is 11.8 Å². The third-order valence-corrected chi connectivity index (χ3v) is 7.63. The molecule has 0 aromatic heterocycles. The van der Waals surface area contributed by atoms with Crippen LogP contribution in [0.25, 0.3) is 0 Å². The molecule has 1 aromatic carbocycles. The number of anilines is 1. The largest absolute Gasteiger partial charge is 0.370 e. The Morgan fingerprint density at radius 1 is 0.906 bits per heavy atom. The molecule has 1 unspecified atom stereocenters. The minimum Gasteiger partial charge on any atom is -0.370 e. The van der Waals surface area contributed by atoms with E-state index in [0.29, 0.717) is 23.2 Å². The van der Waals surface area contributed by atoms with E-state index in [1.165, 1.54) is 32.1 Å². The first-order chi connectivity index (χ1) is 15.5. The number of likely N-dealkylation sites (N-methyl/N-ethyl adjacent to an activating group) is 1. The molecule has 2 saturated heterocycles. The number of benzene rings is 1. The van der Waals surface area contributed by atoms with Gasteiger partial charge in [-0.25, -0.2) is 0 Å². The summed E-state index contributed by atoms with van der Waals surface area (Å²) in [6.07, 6.45) is 7.64. The Hall–Kier alpha value is -2.74. The zero-order valence-electron chi connectivity index (χ0n) is 18.5. The molecule has 0 radical (unpaired) electrons. The highest BCUT2D eigenvalue weighted by Gasteiger charge is 2.45. The lowest BCUT2D eigenvalue weighted by Crippen LogP contribution is -2.54. The Morgan fingerprint density at radius 3 is 2.41 bits per heavy atom. The fraction of sp³-hybridized carbons (Fsp3) is 0.583. The summed E-state index contributed by atoms with van der Waals surface area (Å²) in [6.45, 7) is 2.32. The zero-order chi connectivity index (χ0) is 22.4. The molecule has 4 aliphatic rings. The second-order valence-electron chi connectivity index (χ2n) is 9.45. The van der Waals surface area contributed by atoms with E-state index in [0.717, 1.165) is 30.1 Å². The van der Waals surface area contributed by atoms with Crippen LogP contribution in [0.5, 0.6) is 0 Å². The fourth-order valence-corrected chi connectivity index (χ4v) is 5.92. The van der Waals surface area contributed by atoms with Crippen molar-refractivity contribution >= 4 is 29.3 Å². The van der Waals surface area contributed by atoms with Crippen LogP contribution < -0.4 is 10.2 Å². The molecule has 5 rings (SSSR count). The number of piperidine rings is 2. The Bertz CT molecular complexity index is 971. The number of likely N-dealkylation sites (tertiary alicyclic amines) is 1. The van der Waals surface area contributed by atoms with Crippen LogP contribution in [0, 0.1) is 0 Å². The standard InChI is InChI=1S/C24H30N4O4/c1-26(18-6-5-7-19(18)27-12-3-2-4-13-27)15-8-9-16-17(14-15)24(32)28(23(16)31)20-10-11-21(29)25-22(20)30/h8-9,14,18-20H,2-7,10-13H2,1H3,(H,25,29,30)/t18-,19+,20?/m1/s1. The molecule has 0 spiro atoms. The van der Waals surface area contributed by atoms with E-state index in [4.69, 9.17) is 0 Å². The highest BCUT2D eigenvalue weighted by atomic mass is 16.2. The van der Waals surface area contributed by atoms with E-state index >= 15 is 0 Å². The lowest BCUT2D eigenvalue weighted by atomic mass is 10.0. The summed E-state index contributed by atoms with van der Waals surface area (Å²) in [6, 6.07) is 5.38. The third kappa shape index (κ3) is 3.50. The van der Waals surface area contributed by atoms with Crippen molar-refractivity contribution < 1.29 is 19.2 Å². The van der Waals surface area contributed by atoms with Crippen molar-refractivity contribution in [2.45, 2.75) is 69.5 Å². The van der Waals surface area contributed by atoms with Gasteiger partial charge in [-0.2, -0.15) is 0 Å². The summed E-state index contributed by atoms with van der Waals surface area (Å²) < 4.78 is 0. The van der Waals surface area contributed by atoms with Gasteiger partial charge in [0.05, 0.1) is 11.1 Å². The van der Waals surface area contributed by atoms with Crippen molar-refractivity contribution in [1.29, 1.82) is 0 Å². The van der Waals surface area contributed by atoms with E-state index in [-0.39, 0.29) is 18.7 Å². The number of nitrogens with zero attached hydrogens (tertiary/aromatic N) is 3. The van der Waals surface area contributed by atoms with E-state index < -0.39 is 23.8 Å². The highest BCUT2D eigenvalue weighted by molar-refractivity contribution is 6.23. The van der Waals surface area contributed by atoms with Crippen LogP contribution in [-0.4, -0.2) is 71.7 Å². The normalized spacial score (nSPS) is 28.8. The molecule has 3 atom stereocenters. The van der Waals surface area contributed by atoms with Crippen molar-refractivity contribution in [1.82, 2.24) is 15.1 Å². The average Bonchev–Trinajstić information content (AvgIpc) is 3.38. The highest BCUT2D eigenvalue weighted by Crippen LogP contribution is 2.35. The number of carbonyl (C=O) groups is 4. The molecule has 1 aliphatic carbocycles. The average molecular weight is 439 g/mol. The van der Waals surface area contributed by atoms with Crippen LogP contribution in [0.2, 0.25) is 0 Å². The number of hydrogen-bond donors (Lipinski definition) is 1. The van der Waals surface area contributed by atoms with E-state index in [1.54, 1.807) is 12.1 Å². The summed E-state index contributed by atoms with van der Waals surface area (Å²) in [5.74, 6) is -1.86. The molecule has 8 nitrogen and oxygen atoms in total. The Balaban J connectivity index is 1.37. The van der Waals surface area contributed by atoms with Crippen LogP contribution in [-0.2, 0) is 9.59 Å². The maximum Gasteiger partial charge on any atom is 0.262 e. The molecule has 1 N–H and O–H groups in total. The molecule has 170 valence electrons. The van der Waals surface area contributed by atoms with Gasteiger partial charge in [0, 0.05) is 31.2 Å². The molecule has 1 saturated carbocycles. The molecule has 3 heterocycles. The maximum absolute atomic E-state index is 13.2. The van der Waals surface area contributed by atoms with Gasteiger partial charge in [-0.15, -0.1) is 0 Å². The topological polar surface area (TPSA) is 90.0 Å². The lowest BCUT2D eigenvalue weighted by molar-refractivity contribution is -0.136. The van der Waals surface area contributed by atoms with E-state index in [1.807, 2.05) is 6.07 Å². The number of rotatable bonds is 4. The fourth-order valence-electron chi connectivity index (χ4n) is 5.92. The lowest BCUT2D eigenvalue weighted by Gasteiger charge is -2.40. The zero-order valence-corrected chi connectivity index (χ0v) is 18.5. The molecular formula is C24H30N4O4. The first-order valence-corrected chi connectivity index (χ1v) is 11.8. The first-order valence-electron chi connectivity index (χ1n) is 11.8.